The molecule has 1 spiro atoms. The number of hydrogen-bond donors (Lipinski definition) is 1. The molecule has 3 fully saturated rings. The van der Waals surface area contributed by atoms with Crippen LogP contribution in [0.15, 0.2) is 42.7 Å². The summed E-state index contributed by atoms with van der Waals surface area (Å²) in [7, 11) is 0. The summed E-state index contributed by atoms with van der Waals surface area (Å²) < 4.78 is 6.24. The van der Waals surface area contributed by atoms with Crippen LogP contribution in [-0.2, 0) is 14.9 Å². The van der Waals surface area contributed by atoms with Crippen molar-refractivity contribution in [2.45, 2.75) is 50.0 Å². The Balaban J connectivity index is 1.09. The Morgan fingerprint density at radius 1 is 1.10 bits per heavy atom. The fraction of sp³-hybridized carbons (Fsp3) is 0.542. The molecule has 5 rings (SSSR count). The largest absolute Gasteiger partial charge is 0.376 e. The summed E-state index contributed by atoms with van der Waals surface area (Å²) in [4.78, 5) is 23.9. The summed E-state index contributed by atoms with van der Waals surface area (Å²) >= 11 is 6.00. The normalized spacial score (nSPS) is 24.0. The van der Waals surface area contributed by atoms with E-state index < -0.39 is 0 Å². The topological polar surface area (TPSA) is 67.4 Å². The number of nitrogens with zero attached hydrogens (tertiary/aromatic N) is 3. The smallest absolute Gasteiger partial charge is 0.230 e. The van der Waals surface area contributed by atoms with Crippen molar-refractivity contribution >= 4 is 23.5 Å². The van der Waals surface area contributed by atoms with E-state index in [0.29, 0.717) is 11.6 Å². The number of ether oxygens (including phenoxy) is 1. The predicted octanol–water partition coefficient (Wildman–Crippen LogP) is 3.74. The maximum absolute atomic E-state index is 12.9. The van der Waals surface area contributed by atoms with Crippen molar-refractivity contribution < 1.29 is 9.53 Å². The summed E-state index contributed by atoms with van der Waals surface area (Å²) in [6.07, 6.45) is 9.85. The van der Waals surface area contributed by atoms with Crippen molar-refractivity contribution in [1.29, 1.82) is 0 Å². The van der Waals surface area contributed by atoms with Crippen LogP contribution in [0, 0.1) is 5.41 Å². The second-order valence-corrected chi connectivity index (χ2v) is 9.74. The Kier molecular flexibility index (Phi) is 5.61. The summed E-state index contributed by atoms with van der Waals surface area (Å²) in [5.74, 6) is 0.944. The highest BCUT2D eigenvalue weighted by molar-refractivity contribution is 6.30. The quantitative estimate of drug-likeness (QED) is 0.767. The molecule has 7 heteroatoms. The first-order valence-electron chi connectivity index (χ1n) is 11.3. The highest BCUT2D eigenvalue weighted by atomic mass is 35.5. The number of rotatable bonds is 5. The Morgan fingerprint density at radius 3 is 2.42 bits per heavy atom. The van der Waals surface area contributed by atoms with Gasteiger partial charge in [-0.1, -0.05) is 23.7 Å². The molecule has 1 N–H and O–H groups in total. The molecule has 0 bridgehead atoms. The maximum atomic E-state index is 12.9. The van der Waals surface area contributed by atoms with E-state index in [1.807, 2.05) is 30.3 Å². The summed E-state index contributed by atoms with van der Waals surface area (Å²) in [6, 6.07) is 9.53. The number of carbonyl (C=O) groups excluding carboxylic acids is 1. The fourth-order valence-corrected chi connectivity index (χ4v) is 5.15. The average Bonchev–Trinajstić information content (AvgIpc) is 3.62. The first-order valence-corrected chi connectivity index (χ1v) is 11.6. The zero-order chi connectivity index (χ0) is 21.3. The Bertz CT molecular complexity index is 899. The third-order valence-electron chi connectivity index (χ3n) is 7.35. The standard InChI is InChI=1S/C24H29ClN4O2/c25-19-4-2-18(3-5-19)24(8-9-24)21(30)28-16-20-6-7-23(17-31-20)10-14-29(15-11-23)22-26-12-1-13-27-22/h1-5,12-13,20H,6-11,14-17H2,(H,28,30)/t20-/m1/s1. The van der Waals surface area contributed by atoms with E-state index in [9.17, 15) is 4.79 Å². The highest BCUT2D eigenvalue weighted by Gasteiger charge is 2.51. The molecule has 6 nitrogen and oxygen atoms in total. The Hall–Kier alpha value is -2.18. The van der Waals surface area contributed by atoms with Crippen LogP contribution in [0.25, 0.3) is 0 Å². The minimum atomic E-state index is -0.368. The van der Waals surface area contributed by atoms with E-state index >= 15 is 0 Å². The van der Waals surface area contributed by atoms with Crippen LogP contribution in [0.3, 0.4) is 0 Å². The van der Waals surface area contributed by atoms with Gasteiger partial charge in [0.15, 0.2) is 0 Å². The number of anilines is 1. The lowest BCUT2D eigenvalue weighted by Gasteiger charge is -2.45. The number of piperidine rings is 1. The third kappa shape index (κ3) is 4.28. The molecular weight excluding hydrogens is 412 g/mol. The second-order valence-electron chi connectivity index (χ2n) is 9.31. The van der Waals surface area contributed by atoms with Gasteiger partial charge in [-0.2, -0.15) is 0 Å². The van der Waals surface area contributed by atoms with Crippen molar-refractivity contribution in [3.05, 3.63) is 53.3 Å². The number of benzene rings is 1. The van der Waals surface area contributed by atoms with Crippen LogP contribution in [0.4, 0.5) is 5.95 Å². The van der Waals surface area contributed by atoms with Crippen molar-refractivity contribution in [3.63, 3.8) is 0 Å². The zero-order valence-electron chi connectivity index (χ0n) is 17.7. The first kappa shape index (κ1) is 20.7. The Morgan fingerprint density at radius 2 is 1.81 bits per heavy atom. The average molecular weight is 441 g/mol. The van der Waals surface area contributed by atoms with Gasteiger partial charge < -0.3 is 15.0 Å². The van der Waals surface area contributed by atoms with Gasteiger partial charge in [-0.3, -0.25) is 4.79 Å². The zero-order valence-corrected chi connectivity index (χ0v) is 18.5. The minimum absolute atomic E-state index is 0.103. The summed E-state index contributed by atoms with van der Waals surface area (Å²) in [5, 5.41) is 3.87. The lowest BCUT2D eigenvalue weighted by atomic mass is 9.73. The van der Waals surface area contributed by atoms with Crippen LogP contribution in [0.5, 0.6) is 0 Å². The van der Waals surface area contributed by atoms with E-state index in [4.69, 9.17) is 16.3 Å². The lowest BCUT2D eigenvalue weighted by molar-refractivity contribution is -0.125. The molecule has 0 unspecified atom stereocenters. The van der Waals surface area contributed by atoms with Crippen LogP contribution < -0.4 is 10.2 Å². The lowest BCUT2D eigenvalue weighted by Crippen LogP contribution is -2.48. The number of halogens is 1. The van der Waals surface area contributed by atoms with Gasteiger partial charge in [0.1, 0.15) is 0 Å². The number of aromatic nitrogens is 2. The number of carbonyl (C=O) groups is 1. The van der Waals surface area contributed by atoms with Crippen LogP contribution in [-0.4, -0.2) is 48.2 Å². The summed E-state index contributed by atoms with van der Waals surface area (Å²) in [5.41, 5.74) is 0.951. The number of hydrogen-bond acceptors (Lipinski definition) is 5. The molecule has 3 aliphatic rings. The molecule has 1 aromatic heterocycles. The molecule has 2 saturated heterocycles. The molecule has 1 atom stereocenters. The van der Waals surface area contributed by atoms with Crippen LogP contribution in [0.2, 0.25) is 5.02 Å². The molecule has 0 radical (unpaired) electrons. The maximum Gasteiger partial charge on any atom is 0.230 e. The fourth-order valence-electron chi connectivity index (χ4n) is 5.02. The van der Waals surface area contributed by atoms with Crippen LogP contribution >= 0.6 is 11.6 Å². The van der Waals surface area contributed by atoms with E-state index in [1.165, 1.54) is 0 Å². The number of nitrogens with one attached hydrogen (secondary N) is 1. The van der Waals surface area contributed by atoms with Crippen molar-refractivity contribution in [2.24, 2.45) is 5.41 Å². The van der Waals surface area contributed by atoms with Gasteiger partial charge >= 0.3 is 0 Å². The molecule has 1 saturated carbocycles. The van der Waals surface area contributed by atoms with Crippen LogP contribution in [0.1, 0.15) is 44.1 Å². The Labute approximate surface area is 188 Å². The molecule has 2 aromatic rings. The third-order valence-corrected chi connectivity index (χ3v) is 7.60. The van der Waals surface area contributed by atoms with E-state index in [1.54, 1.807) is 12.4 Å². The first-order chi connectivity index (χ1) is 15.1. The van der Waals surface area contributed by atoms with Gasteiger partial charge in [0, 0.05) is 37.1 Å². The predicted molar refractivity (Wildman–Crippen MR) is 120 cm³/mol. The van der Waals surface area contributed by atoms with Gasteiger partial charge in [0.25, 0.3) is 0 Å². The second kappa shape index (κ2) is 8.40. The molecule has 1 amide bonds. The molecule has 31 heavy (non-hydrogen) atoms. The van der Waals surface area contributed by atoms with Crippen molar-refractivity contribution in [2.75, 3.05) is 31.1 Å². The molecule has 164 valence electrons. The SMILES string of the molecule is O=C(NC[C@H]1CCC2(CCN(c3ncccn3)CC2)CO1)C1(c2ccc(Cl)cc2)CC1. The van der Waals surface area contributed by atoms with Crippen molar-refractivity contribution in [1.82, 2.24) is 15.3 Å². The molecule has 3 heterocycles. The molecular formula is C24H29ClN4O2. The van der Waals surface area contributed by atoms with E-state index in [-0.39, 0.29) is 22.8 Å². The van der Waals surface area contributed by atoms with Gasteiger partial charge in [-0.15, -0.1) is 0 Å². The monoisotopic (exact) mass is 440 g/mol. The van der Waals surface area contributed by atoms with E-state index in [2.05, 4.69) is 20.2 Å². The van der Waals surface area contributed by atoms with Gasteiger partial charge in [0.2, 0.25) is 11.9 Å². The van der Waals surface area contributed by atoms with Gasteiger partial charge in [-0.25, -0.2) is 9.97 Å². The molecule has 1 aliphatic carbocycles. The van der Waals surface area contributed by atoms with Gasteiger partial charge in [-0.05, 0) is 67.7 Å². The van der Waals surface area contributed by atoms with E-state index in [0.717, 1.165) is 69.7 Å². The molecule has 2 aliphatic heterocycles. The molecule has 1 aromatic carbocycles. The highest BCUT2D eigenvalue weighted by Crippen LogP contribution is 2.48. The summed E-state index contributed by atoms with van der Waals surface area (Å²) in [6.45, 7) is 3.31. The minimum Gasteiger partial charge on any atom is -0.376 e. The van der Waals surface area contributed by atoms with Gasteiger partial charge in [0.05, 0.1) is 18.1 Å². The van der Waals surface area contributed by atoms with Crippen molar-refractivity contribution in [3.8, 4) is 0 Å². The number of amides is 1.